The Morgan fingerprint density at radius 2 is 2.00 bits per heavy atom. The van der Waals surface area contributed by atoms with Crippen molar-refractivity contribution in [3.05, 3.63) is 35.6 Å². The molecule has 0 unspecified atom stereocenters. The van der Waals surface area contributed by atoms with E-state index in [-0.39, 0.29) is 29.8 Å². The maximum Gasteiger partial charge on any atom is 0.191 e. The molecule has 1 aliphatic carbocycles. The third-order valence-electron chi connectivity index (χ3n) is 4.33. The number of nitrogens with one attached hydrogen (secondary N) is 2. The molecule has 3 rings (SSSR count). The van der Waals surface area contributed by atoms with Gasteiger partial charge in [0, 0.05) is 31.2 Å². The van der Waals surface area contributed by atoms with Gasteiger partial charge >= 0.3 is 0 Å². The van der Waals surface area contributed by atoms with E-state index >= 15 is 0 Å². The standard InChI is InChI=1S/C18H27FN4O.HI/c19-17-5-2-1-4-15(17)14-21-18(22-16-6-7-16)20-8-3-9-23-10-12-24-13-11-23;/h1-2,4-5,16H,3,6-14H2,(H2,20,21,22);1H. The van der Waals surface area contributed by atoms with Gasteiger partial charge in [-0.15, -0.1) is 24.0 Å². The fourth-order valence-electron chi connectivity index (χ4n) is 2.70. The van der Waals surface area contributed by atoms with Crippen LogP contribution in [0.4, 0.5) is 4.39 Å². The SMILES string of the molecule is Fc1ccccc1CN=C(NCCCN1CCOCC1)NC1CC1.I. The van der Waals surface area contributed by atoms with Crippen LogP contribution in [-0.2, 0) is 11.3 Å². The summed E-state index contributed by atoms with van der Waals surface area (Å²) >= 11 is 0. The lowest BCUT2D eigenvalue weighted by atomic mass is 10.2. The molecule has 0 amide bonds. The lowest BCUT2D eigenvalue weighted by Gasteiger charge is -2.26. The van der Waals surface area contributed by atoms with Crippen LogP contribution in [0, 0.1) is 5.82 Å². The van der Waals surface area contributed by atoms with Crippen LogP contribution in [0.25, 0.3) is 0 Å². The monoisotopic (exact) mass is 462 g/mol. The summed E-state index contributed by atoms with van der Waals surface area (Å²) in [6, 6.07) is 7.34. The Morgan fingerprint density at radius 3 is 2.72 bits per heavy atom. The molecule has 0 radical (unpaired) electrons. The second-order valence-corrected chi connectivity index (χ2v) is 6.41. The Hall–Kier alpha value is -0.930. The van der Waals surface area contributed by atoms with Crippen LogP contribution in [-0.4, -0.2) is 56.3 Å². The molecule has 140 valence electrons. The Balaban J connectivity index is 0.00000225. The minimum absolute atomic E-state index is 0. The van der Waals surface area contributed by atoms with Crippen molar-refractivity contribution < 1.29 is 9.13 Å². The van der Waals surface area contributed by atoms with Gasteiger partial charge in [0.05, 0.1) is 19.8 Å². The molecule has 1 aliphatic heterocycles. The fourth-order valence-corrected chi connectivity index (χ4v) is 2.70. The van der Waals surface area contributed by atoms with Crippen LogP contribution >= 0.6 is 24.0 Å². The summed E-state index contributed by atoms with van der Waals surface area (Å²) in [5, 5.41) is 6.78. The number of hydrogen-bond donors (Lipinski definition) is 2. The molecule has 1 heterocycles. The van der Waals surface area contributed by atoms with Gasteiger partial charge in [0.1, 0.15) is 5.82 Å². The van der Waals surface area contributed by atoms with E-state index in [4.69, 9.17) is 4.74 Å². The Bertz CT molecular complexity index is 548. The first kappa shape index (κ1) is 20.4. The van der Waals surface area contributed by atoms with Gasteiger partial charge in [-0.25, -0.2) is 9.38 Å². The number of benzene rings is 1. The van der Waals surface area contributed by atoms with E-state index in [1.807, 2.05) is 6.07 Å². The van der Waals surface area contributed by atoms with Crippen molar-refractivity contribution in [2.24, 2.45) is 4.99 Å². The number of hydrogen-bond acceptors (Lipinski definition) is 3. The highest BCUT2D eigenvalue weighted by atomic mass is 127. The minimum Gasteiger partial charge on any atom is -0.379 e. The fraction of sp³-hybridized carbons (Fsp3) is 0.611. The van der Waals surface area contributed by atoms with Gasteiger partial charge in [0.25, 0.3) is 0 Å². The largest absolute Gasteiger partial charge is 0.379 e. The van der Waals surface area contributed by atoms with Gasteiger partial charge < -0.3 is 15.4 Å². The number of nitrogens with zero attached hydrogens (tertiary/aromatic N) is 2. The molecule has 0 atom stereocenters. The second kappa shape index (κ2) is 10.9. The van der Waals surface area contributed by atoms with Gasteiger partial charge in [-0.2, -0.15) is 0 Å². The third kappa shape index (κ3) is 7.45. The summed E-state index contributed by atoms with van der Waals surface area (Å²) in [6.45, 7) is 6.02. The highest BCUT2D eigenvalue weighted by Gasteiger charge is 2.22. The summed E-state index contributed by atoms with van der Waals surface area (Å²) in [5.41, 5.74) is 0.628. The molecule has 25 heavy (non-hydrogen) atoms. The number of halogens is 2. The average molecular weight is 462 g/mol. The summed E-state index contributed by atoms with van der Waals surface area (Å²) < 4.78 is 19.1. The molecular weight excluding hydrogens is 434 g/mol. The highest BCUT2D eigenvalue weighted by molar-refractivity contribution is 14.0. The number of rotatable bonds is 7. The number of guanidine groups is 1. The van der Waals surface area contributed by atoms with Gasteiger partial charge in [0.15, 0.2) is 5.96 Å². The van der Waals surface area contributed by atoms with Crippen LogP contribution in [0.5, 0.6) is 0 Å². The smallest absolute Gasteiger partial charge is 0.191 e. The molecule has 0 aromatic heterocycles. The normalized spacial score (nSPS) is 18.5. The maximum atomic E-state index is 13.7. The van der Waals surface area contributed by atoms with Crippen molar-refractivity contribution in [1.29, 1.82) is 0 Å². The summed E-state index contributed by atoms with van der Waals surface area (Å²) in [6.07, 6.45) is 3.44. The first-order valence-corrected chi connectivity index (χ1v) is 8.89. The van der Waals surface area contributed by atoms with Gasteiger partial charge in [-0.1, -0.05) is 18.2 Å². The molecule has 5 nitrogen and oxygen atoms in total. The molecule has 7 heteroatoms. The van der Waals surface area contributed by atoms with Crippen LogP contribution < -0.4 is 10.6 Å². The van der Waals surface area contributed by atoms with Crippen LogP contribution in [0.3, 0.4) is 0 Å². The molecule has 1 saturated heterocycles. The van der Waals surface area contributed by atoms with E-state index < -0.39 is 0 Å². The van der Waals surface area contributed by atoms with Crippen molar-refractivity contribution >= 4 is 29.9 Å². The van der Waals surface area contributed by atoms with Crippen molar-refractivity contribution in [2.45, 2.75) is 31.8 Å². The van der Waals surface area contributed by atoms with Crippen LogP contribution in [0.1, 0.15) is 24.8 Å². The van der Waals surface area contributed by atoms with E-state index in [2.05, 4.69) is 20.5 Å². The zero-order chi connectivity index (χ0) is 16.6. The maximum absolute atomic E-state index is 13.7. The molecule has 0 spiro atoms. The lowest BCUT2D eigenvalue weighted by molar-refractivity contribution is 0.0376. The summed E-state index contributed by atoms with van der Waals surface area (Å²) in [4.78, 5) is 6.97. The van der Waals surface area contributed by atoms with Crippen molar-refractivity contribution in [1.82, 2.24) is 15.5 Å². The predicted molar refractivity (Wildman–Crippen MR) is 109 cm³/mol. The third-order valence-corrected chi connectivity index (χ3v) is 4.33. The topological polar surface area (TPSA) is 48.9 Å². The first-order chi connectivity index (χ1) is 11.8. The molecule has 1 aromatic carbocycles. The lowest BCUT2D eigenvalue weighted by Crippen LogP contribution is -2.41. The Kier molecular flexibility index (Phi) is 8.91. The van der Waals surface area contributed by atoms with Crippen molar-refractivity contribution in [3.8, 4) is 0 Å². The Labute approximate surface area is 166 Å². The van der Waals surface area contributed by atoms with Gasteiger partial charge in [0.2, 0.25) is 0 Å². The first-order valence-electron chi connectivity index (χ1n) is 8.89. The van der Waals surface area contributed by atoms with Crippen molar-refractivity contribution in [2.75, 3.05) is 39.4 Å². The van der Waals surface area contributed by atoms with Gasteiger partial charge in [-0.3, -0.25) is 4.90 Å². The van der Waals surface area contributed by atoms with E-state index in [1.165, 1.54) is 18.9 Å². The molecule has 2 aliphatic rings. The highest BCUT2D eigenvalue weighted by Crippen LogP contribution is 2.18. The molecule has 2 N–H and O–H groups in total. The number of ether oxygens (including phenoxy) is 1. The Morgan fingerprint density at radius 1 is 1.24 bits per heavy atom. The zero-order valence-electron chi connectivity index (χ0n) is 14.5. The second-order valence-electron chi connectivity index (χ2n) is 6.41. The quantitative estimate of drug-likeness (QED) is 0.283. The van der Waals surface area contributed by atoms with E-state index in [1.54, 1.807) is 12.1 Å². The van der Waals surface area contributed by atoms with Gasteiger partial charge in [-0.05, 0) is 31.9 Å². The summed E-state index contributed by atoms with van der Waals surface area (Å²) in [5.74, 6) is 0.599. The molecule has 0 bridgehead atoms. The van der Waals surface area contributed by atoms with Crippen LogP contribution in [0.15, 0.2) is 29.3 Å². The van der Waals surface area contributed by atoms with E-state index in [0.29, 0.717) is 18.2 Å². The minimum atomic E-state index is -0.195. The predicted octanol–water partition coefficient (Wildman–Crippen LogP) is 2.36. The average Bonchev–Trinajstić information content (AvgIpc) is 3.42. The zero-order valence-corrected chi connectivity index (χ0v) is 16.9. The van der Waals surface area contributed by atoms with Crippen LogP contribution in [0.2, 0.25) is 0 Å². The van der Waals surface area contributed by atoms with E-state index in [9.17, 15) is 4.39 Å². The summed E-state index contributed by atoms with van der Waals surface area (Å²) in [7, 11) is 0. The number of morpholine rings is 1. The molecule has 1 aromatic rings. The number of aliphatic imine (C=N–C) groups is 1. The van der Waals surface area contributed by atoms with Crippen molar-refractivity contribution in [3.63, 3.8) is 0 Å². The molecular formula is C18H28FIN4O. The molecule has 2 fully saturated rings. The van der Waals surface area contributed by atoms with E-state index in [0.717, 1.165) is 51.8 Å². The molecule has 1 saturated carbocycles.